The van der Waals surface area contributed by atoms with Crippen LogP contribution in [0.15, 0.2) is 0 Å². The third-order valence-corrected chi connectivity index (χ3v) is 6.03. The molecule has 1 N–H and O–H groups in total. The SMILES string of the molecule is O=C(CC1CCCN1)N1CCSC2CCCCC21. The minimum Gasteiger partial charge on any atom is -0.338 e. The Morgan fingerprint density at radius 3 is 2.94 bits per heavy atom. The number of fused-ring (bicyclic) bond motifs is 1. The van der Waals surface area contributed by atoms with Crippen molar-refractivity contribution in [2.45, 2.75) is 62.3 Å². The Bertz CT molecular complexity index is 302. The lowest BCUT2D eigenvalue weighted by Crippen LogP contribution is -2.52. The molecule has 2 aliphatic heterocycles. The highest BCUT2D eigenvalue weighted by atomic mass is 32.2. The molecule has 1 aliphatic carbocycles. The van der Waals surface area contributed by atoms with Gasteiger partial charge >= 0.3 is 0 Å². The lowest BCUT2D eigenvalue weighted by Gasteiger charge is -2.44. The third-order valence-electron chi connectivity index (χ3n) is 4.64. The Morgan fingerprint density at radius 2 is 2.11 bits per heavy atom. The Morgan fingerprint density at radius 1 is 1.22 bits per heavy atom. The highest BCUT2D eigenvalue weighted by Crippen LogP contribution is 2.35. The fraction of sp³-hybridized carbons (Fsp3) is 0.929. The van der Waals surface area contributed by atoms with Gasteiger partial charge in [0.15, 0.2) is 0 Å². The fourth-order valence-corrected chi connectivity index (χ4v) is 5.11. The first kappa shape index (κ1) is 12.8. The van der Waals surface area contributed by atoms with Gasteiger partial charge in [0.25, 0.3) is 0 Å². The molecule has 3 rings (SSSR count). The van der Waals surface area contributed by atoms with E-state index < -0.39 is 0 Å². The molecule has 0 aromatic rings. The summed E-state index contributed by atoms with van der Waals surface area (Å²) in [5.41, 5.74) is 0. The van der Waals surface area contributed by atoms with Gasteiger partial charge in [-0.3, -0.25) is 4.79 Å². The normalized spacial score (nSPS) is 36.4. The monoisotopic (exact) mass is 268 g/mol. The Hall–Kier alpha value is -0.220. The van der Waals surface area contributed by atoms with E-state index in [2.05, 4.69) is 22.0 Å². The van der Waals surface area contributed by atoms with Gasteiger partial charge in [0, 0.05) is 36.1 Å². The molecule has 2 saturated heterocycles. The number of carbonyl (C=O) groups excluding carboxylic acids is 1. The predicted octanol–water partition coefficient (Wildman–Crippen LogP) is 2.02. The summed E-state index contributed by atoms with van der Waals surface area (Å²) >= 11 is 2.10. The van der Waals surface area contributed by atoms with Crippen LogP contribution in [0.3, 0.4) is 0 Å². The maximum Gasteiger partial charge on any atom is 0.224 e. The molecule has 3 atom stereocenters. The molecular weight excluding hydrogens is 244 g/mol. The number of hydrogen-bond acceptors (Lipinski definition) is 3. The van der Waals surface area contributed by atoms with Crippen LogP contribution < -0.4 is 5.32 Å². The van der Waals surface area contributed by atoms with E-state index in [1.54, 1.807) is 0 Å². The maximum absolute atomic E-state index is 12.5. The number of nitrogens with zero attached hydrogens (tertiary/aromatic N) is 1. The summed E-state index contributed by atoms with van der Waals surface area (Å²) in [4.78, 5) is 14.7. The first-order valence-electron chi connectivity index (χ1n) is 7.49. The van der Waals surface area contributed by atoms with Gasteiger partial charge in [0.2, 0.25) is 5.91 Å². The number of carbonyl (C=O) groups is 1. The molecule has 1 amide bonds. The molecule has 3 unspecified atom stereocenters. The molecule has 0 bridgehead atoms. The van der Waals surface area contributed by atoms with Crippen LogP contribution in [-0.4, -0.2) is 47.0 Å². The fourth-order valence-electron chi connectivity index (χ4n) is 3.67. The summed E-state index contributed by atoms with van der Waals surface area (Å²) in [5, 5.41) is 4.18. The smallest absolute Gasteiger partial charge is 0.224 e. The van der Waals surface area contributed by atoms with Crippen molar-refractivity contribution < 1.29 is 4.79 Å². The van der Waals surface area contributed by atoms with E-state index >= 15 is 0 Å². The third kappa shape index (κ3) is 2.69. The van der Waals surface area contributed by atoms with E-state index in [1.807, 2.05) is 0 Å². The summed E-state index contributed by atoms with van der Waals surface area (Å²) < 4.78 is 0. The Labute approximate surface area is 114 Å². The molecule has 3 aliphatic rings. The molecular formula is C14H24N2OS. The number of nitrogens with one attached hydrogen (secondary N) is 1. The molecule has 0 aromatic heterocycles. The first-order valence-corrected chi connectivity index (χ1v) is 8.54. The standard InChI is InChI=1S/C14H24N2OS/c17-14(10-11-4-3-7-15-11)16-8-9-18-13-6-2-1-5-12(13)16/h11-13,15H,1-10H2. The van der Waals surface area contributed by atoms with E-state index in [-0.39, 0.29) is 0 Å². The van der Waals surface area contributed by atoms with Gasteiger partial charge in [-0.25, -0.2) is 0 Å². The second-order valence-electron chi connectivity index (χ2n) is 5.85. The minimum absolute atomic E-state index is 0.409. The van der Waals surface area contributed by atoms with Gasteiger partial charge in [-0.05, 0) is 32.2 Å². The van der Waals surface area contributed by atoms with Gasteiger partial charge in [-0.2, -0.15) is 11.8 Å². The average Bonchev–Trinajstić information content (AvgIpc) is 2.91. The highest BCUT2D eigenvalue weighted by Gasteiger charge is 2.36. The molecule has 4 heteroatoms. The Kier molecular flexibility index (Phi) is 4.14. The van der Waals surface area contributed by atoms with Crippen LogP contribution in [-0.2, 0) is 4.79 Å². The summed E-state index contributed by atoms with van der Waals surface area (Å²) in [5.74, 6) is 1.55. The van der Waals surface area contributed by atoms with Gasteiger partial charge in [-0.1, -0.05) is 12.8 Å². The highest BCUT2D eigenvalue weighted by molar-refractivity contribution is 8.00. The minimum atomic E-state index is 0.409. The zero-order valence-electron chi connectivity index (χ0n) is 11.1. The topological polar surface area (TPSA) is 32.3 Å². The van der Waals surface area contributed by atoms with Crippen LogP contribution in [0.4, 0.5) is 0 Å². The number of rotatable bonds is 2. The molecule has 18 heavy (non-hydrogen) atoms. The largest absolute Gasteiger partial charge is 0.338 e. The predicted molar refractivity (Wildman–Crippen MR) is 75.9 cm³/mol. The zero-order chi connectivity index (χ0) is 12.4. The summed E-state index contributed by atoms with van der Waals surface area (Å²) in [6.45, 7) is 2.08. The van der Waals surface area contributed by atoms with Crippen molar-refractivity contribution in [2.24, 2.45) is 0 Å². The summed E-state index contributed by atoms with van der Waals surface area (Å²) in [6, 6.07) is 1.00. The summed E-state index contributed by atoms with van der Waals surface area (Å²) in [6.07, 6.45) is 8.38. The number of hydrogen-bond donors (Lipinski definition) is 1. The summed E-state index contributed by atoms with van der Waals surface area (Å²) in [7, 11) is 0. The van der Waals surface area contributed by atoms with E-state index in [0.29, 0.717) is 18.0 Å². The van der Waals surface area contributed by atoms with Crippen molar-refractivity contribution in [2.75, 3.05) is 18.8 Å². The lowest BCUT2D eigenvalue weighted by molar-refractivity contribution is -0.134. The van der Waals surface area contributed by atoms with Crippen LogP contribution >= 0.6 is 11.8 Å². The van der Waals surface area contributed by atoms with Crippen molar-refractivity contribution in [3.63, 3.8) is 0 Å². The quantitative estimate of drug-likeness (QED) is 0.831. The average molecular weight is 268 g/mol. The van der Waals surface area contributed by atoms with Crippen molar-refractivity contribution >= 4 is 17.7 Å². The number of thioether (sulfide) groups is 1. The maximum atomic E-state index is 12.5. The van der Waals surface area contributed by atoms with E-state index in [4.69, 9.17) is 0 Å². The molecule has 3 fully saturated rings. The second kappa shape index (κ2) is 5.83. The van der Waals surface area contributed by atoms with Crippen molar-refractivity contribution in [1.29, 1.82) is 0 Å². The molecule has 3 nitrogen and oxygen atoms in total. The second-order valence-corrected chi connectivity index (χ2v) is 7.19. The Balaban J connectivity index is 1.60. The number of amides is 1. The zero-order valence-corrected chi connectivity index (χ0v) is 11.9. The lowest BCUT2D eigenvalue weighted by atomic mass is 9.93. The molecule has 102 valence electrons. The van der Waals surface area contributed by atoms with Crippen LogP contribution in [0.25, 0.3) is 0 Å². The molecule has 0 radical (unpaired) electrons. The van der Waals surface area contributed by atoms with Gasteiger partial charge in [-0.15, -0.1) is 0 Å². The van der Waals surface area contributed by atoms with Crippen molar-refractivity contribution in [3.05, 3.63) is 0 Å². The van der Waals surface area contributed by atoms with E-state index in [0.717, 1.165) is 30.5 Å². The molecule has 2 heterocycles. The van der Waals surface area contributed by atoms with Crippen LogP contribution in [0.1, 0.15) is 44.9 Å². The molecule has 0 aromatic carbocycles. The van der Waals surface area contributed by atoms with Gasteiger partial charge < -0.3 is 10.2 Å². The van der Waals surface area contributed by atoms with E-state index in [1.165, 1.54) is 38.5 Å². The van der Waals surface area contributed by atoms with Crippen LogP contribution in [0.2, 0.25) is 0 Å². The van der Waals surface area contributed by atoms with Crippen LogP contribution in [0.5, 0.6) is 0 Å². The van der Waals surface area contributed by atoms with Gasteiger partial charge in [0.05, 0.1) is 0 Å². The van der Waals surface area contributed by atoms with Gasteiger partial charge in [0.1, 0.15) is 0 Å². The van der Waals surface area contributed by atoms with E-state index in [9.17, 15) is 4.79 Å². The van der Waals surface area contributed by atoms with Crippen molar-refractivity contribution in [1.82, 2.24) is 10.2 Å². The van der Waals surface area contributed by atoms with Crippen LogP contribution in [0, 0.1) is 0 Å². The first-order chi connectivity index (χ1) is 8.84. The van der Waals surface area contributed by atoms with Crippen molar-refractivity contribution in [3.8, 4) is 0 Å². The molecule has 0 spiro atoms. The molecule has 1 saturated carbocycles.